The first-order valence-corrected chi connectivity index (χ1v) is 11.8. The second-order valence-electron chi connectivity index (χ2n) is 8.70. The fourth-order valence-corrected chi connectivity index (χ4v) is 4.91. The van der Waals surface area contributed by atoms with Gasteiger partial charge >= 0.3 is 0 Å². The zero-order valence-corrected chi connectivity index (χ0v) is 19.5. The van der Waals surface area contributed by atoms with Gasteiger partial charge in [-0.1, -0.05) is 11.6 Å². The highest BCUT2D eigenvalue weighted by Crippen LogP contribution is 2.29. The van der Waals surface area contributed by atoms with Crippen LogP contribution in [-0.4, -0.2) is 58.8 Å². The third-order valence-corrected chi connectivity index (χ3v) is 6.78. The summed E-state index contributed by atoms with van der Waals surface area (Å²) in [4.78, 5) is 23.4. The van der Waals surface area contributed by atoms with Crippen LogP contribution in [0.25, 0.3) is 11.0 Å². The minimum Gasteiger partial charge on any atom is -0.486 e. The largest absolute Gasteiger partial charge is 0.486 e. The molecule has 1 saturated heterocycles. The molecular weight excluding hydrogens is 442 g/mol. The molecule has 174 valence electrons. The summed E-state index contributed by atoms with van der Waals surface area (Å²) >= 11 is 6.48. The minimum absolute atomic E-state index is 0.0485. The number of ether oxygens (including phenoxy) is 2. The molecule has 1 atom stereocenters. The Morgan fingerprint density at radius 3 is 2.91 bits per heavy atom. The number of nitrogens with zero attached hydrogens (tertiary/aromatic N) is 4. The SMILES string of the molecule is Cn1c(=O)ccc2ncc(Cl)c(CCN3CC[C@@H](CNCc4cc5c(cn4)OCCO5)C3)c21. The molecule has 0 unspecified atom stereocenters. The van der Waals surface area contributed by atoms with Gasteiger partial charge in [0.05, 0.1) is 27.9 Å². The van der Waals surface area contributed by atoms with Gasteiger partial charge in [0.2, 0.25) is 0 Å². The summed E-state index contributed by atoms with van der Waals surface area (Å²) in [6.07, 6.45) is 5.38. The predicted octanol–water partition coefficient (Wildman–Crippen LogP) is 2.41. The number of pyridine rings is 3. The van der Waals surface area contributed by atoms with Crippen LogP contribution >= 0.6 is 11.6 Å². The van der Waals surface area contributed by atoms with Crippen molar-refractivity contribution < 1.29 is 9.47 Å². The summed E-state index contributed by atoms with van der Waals surface area (Å²) in [5.41, 5.74) is 3.53. The normalized spacial score (nSPS) is 18.2. The summed E-state index contributed by atoms with van der Waals surface area (Å²) < 4.78 is 12.8. The van der Waals surface area contributed by atoms with Gasteiger partial charge in [0.15, 0.2) is 11.5 Å². The van der Waals surface area contributed by atoms with Crippen LogP contribution < -0.4 is 20.3 Å². The Morgan fingerprint density at radius 1 is 1.18 bits per heavy atom. The molecule has 2 aliphatic rings. The van der Waals surface area contributed by atoms with Crippen LogP contribution in [-0.2, 0) is 20.0 Å². The average Bonchev–Trinajstić information content (AvgIpc) is 3.28. The lowest BCUT2D eigenvalue weighted by Crippen LogP contribution is -2.28. The number of rotatable bonds is 7. The monoisotopic (exact) mass is 469 g/mol. The summed E-state index contributed by atoms with van der Waals surface area (Å²) in [5, 5.41) is 4.16. The van der Waals surface area contributed by atoms with E-state index in [0.717, 1.165) is 72.8 Å². The molecule has 5 rings (SSSR count). The van der Waals surface area contributed by atoms with Crippen LogP contribution in [0.4, 0.5) is 0 Å². The van der Waals surface area contributed by atoms with Gasteiger partial charge < -0.3 is 24.3 Å². The summed E-state index contributed by atoms with van der Waals surface area (Å²) in [5.74, 6) is 2.09. The van der Waals surface area contributed by atoms with Gasteiger partial charge in [-0.2, -0.15) is 0 Å². The Kier molecular flexibility index (Phi) is 6.48. The molecule has 0 bridgehead atoms. The van der Waals surface area contributed by atoms with Crippen LogP contribution in [0.15, 0.2) is 35.4 Å². The fraction of sp³-hybridized carbons (Fsp3) is 0.458. The Bertz CT molecular complexity index is 1210. The average molecular weight is 470 g/mol. The molecule has 1 N–H and O–H groups in total. The smallest absolute Gasteiger partial charge is 0.250 e. The standard InChI is InChI=1S/C24H28ClN5O3/c1-29-23(31)3-2-20-24(29)18(19(25)13-28-20)5-7-30-6-4-16(15-30)11-26-12-17-10-21-22(14-27-17)33-9-8-32-21/h2-3,10,13-14,16,26H,4-9,11-12,15H2,1H3/t16-/m0/s1. The molecule has 0 saturated carbocycles. The first-order chi connectivity index (χ1) is 16.1. The first-order valence-electron chi connectivity index (χ1n) is 11.4. The van der Waals surface area contributed by atoms with Crippen molar-refractivity contribution in [1.29, 1.82) is 0 Å². The topological polar surface area (TPSA) is 81.5 Å². The number of aromatic nitrogens is 3. The van der Waals surface area contributed by atoms with Gasteiger partial charge in [0.25, 0.3) is 5.56 Å². The van der Waals surface area contributed by atoms with Crippen molar-refractivity contribution >= 4 is 22.6 Å². The zero-order valence-electron chi connectivity index (χ0n) is 18.7. The lowest BCUT2D eigenvalue weighted by atomic mass is 10.1. The molecule has 1 fully saturated rings. The van der Waals surface area contributed by atoms with Crippen LogP contribution in [0.3, 0.4) is 0 Å². The number of nitrogens with one attached hydrogen (secondary N) is 1. The first kappa shape index (κ1) is 22.1. The van der Waals surface area contributed by atoms with Crippen LogP contribution in [0.5, 0.6) is 11.5 Å². The van der Waals surface area contributed by atoms with E-state index in [4.69, 9.17) is 21.1 Å². The van der Waals surface area contributed by atoms with E-state index in [0.29, 0.717) is 30.7 Å². The quantitative estimate of drug-likeness (QED) is 0.569. The third kappa shape index (κ3) is 4.83. The van der Waals surface area contributed by atoms with Gasteiger partial charge in [0.1, 0.15) is 13.2 Å². The zero-order chi connectivity index (χ0) is 22.8. The Balaban J connectivity index is 1.14. The molecule has 3 aromatic heterocycles. The summed E-state index contributed by atoms with van der Waals surface area (Å²) in [6, 6.07) is 5.27. The molecule has 0 aromatic carbocycles. The van der Waals surface area contributed by atoms with Crippen molar-refractivity contribution in [2.75, 3.05) is 39.4 Å². The number of hydrogen-bond donors (Lipinski definition) is 1. The summed E-state index contributed by atoms with van der Waals surface area (Å²) in [7, 11) is 1.78. The predicted molar refractivity (Wildman–Crippen MR) is 127 cm³/mol. The van der Waals surface area contributed by atoms with Crippen LogP contribution in [0.1, 0.15) is 17.7 Å². The summed E-state index contributed by atoms with van der Waals surface area (Å²) in [6.45, 7) is 5.82. The molecule has 0 aliphatic carbocycles. The highest BCUT2D eigenvalue weighted by Gasteiger charge is 2.23. The molecule has 0 amide bonds. The molecular formula is C24H28ClN5O3. The van der Waals surface area contributed by atoms with Gasteiger partial charge in [-0.15, -0.1) is 0 Å². The second kappa shape index (κ2) is 9.67. The van der Waals surface area contributed by atoms with Crippen LogP contribution in [0.2, 0.25) is 5.02 Å². The molecule has 0 radical (unpaired) electrons. The van der Waals surface area contributed by atoms with Gasteiger partial charge in [-0.25, -0.2) is 0 Å². The van der Waals surface area contributed by atoms with E-state index in [-0.39, 0.29) is 5.56 Å². The van der Waals surface area contributed by atoms with Crippen molar-refractivity contribution in [2.24, 2.45) is 13.0 Å². The molecule has 9 heteroatoms. The molecule has 8 nitrogen and oxygen atoms in total. The van der Waals surface area contributed by atoms with Crippen molar-refractivity contribution in [3.05, 3.63) is 57.2 Å². The van der Waals surface area contributed by atoms with Crippen molar-refractivity contribution in [3.8, 4) is 11.5 Å². The van der Waals surface area contributed by atoms with E-state index in [1.54, 1.807) is 36.1 Å². The maximum absolute atomic E-state index is 12.1. The third-order valence-electron chi connectivity index (χ3n) is 6.46. The molecule has 2 aliphatic heterocycles. The van der Waals surface area contributed by atoms with E-state index in [2.05, 4.69) is 20.2 Å². The number of fused-ring (bicyclic) bond motifs is 2. The van der Waals surface area contributed by atoms with Crippen LogP contribution in [0, 0.1) is 5.92 Å². The fourth-order valence-electron chi connectivity index (χ4n) is 4.68. The maximum atomic E-state index is 12.1. The minimum atomic E-state index is -0.0485. The number of hydrogen-bond acceptors (Lipinski definition) is 7. The van der Waals surface area contributed by atoms with Crippen molar-refractivity contribution in [2.45, 2.75) is 19.4 Å². The Labute approximate surface area is 197 Å². The Hall–Kier alpha value is -2.68. The number of likely N-dealkylation sites (tertiary alicyclic amines) is 1. The molecule has 33 heavy (non-hydrogen) atoms. The van der Waals surface area contributed by atoms with E-state index < -0.39 is 0 Å². The van der Waals surface area contributed by atoms with E-state index >= 15 is 0 Å². The second-order valence-corrected chi connectivity index (χ2v) is 9.11. The Morgan fingerprint density at radius 2 is 2.03 bits per heavy atom. The highest BCUT2D eigenvalue weighted by atomic mass is 35.5. The number of halogens is 1. The van der Waals surface area contributed by atoms with E-state index in [1.807, 2.05) is 6.07 Å². The molecule has 5 heterocycles. The van der Waals surface area contributed by atoms with E-state index in [1.165, 1.54) is 0 Å². The lowest BCUT2D eigenvalue weighted by molar-refractivity contribution is 0.170. The van der Waals surface area contributed by atoms with Gasteiger partial charge in [-0.3, -0.25) is 14.8 Å². The van der Waals surface area contributed by atoms with E-state index in [9.17, 15) is 4.79 Å². The lowest BCUT2D eigenvalue weighted by Gasteiger charge is -2.19. The number of aryl methyl sites for hydroxylation is 1. The van der Waals surface area contributed by atoms with Crippen molar-refractivity contribution in [3.63, 3.8) is 0 Å². The van der Waals surface area contributed by atoms with Crippen molar-refractivity contribution in [1.82, 2.24) is 24.8 Å². The highest BCUT2D eigenvalue weighted by molar-refractivity contribution is 6.32. The maximum Gasteiger partial charge on any atom is 0.250 e. The van der Waals surface area contributed by atoms with Gasteiger partial charge in [0, 0.05) is 45.0 Å². The molecule has 0 spiro atoms. The van der Waals surface area contributed by atoms with Gasteiger partial charge in [-0.05, 0) is 43.5 Å². The molecule has 3 aromatic rings.